The molecule has 112 valence electrons. The van der Waals surface area contributed by atoms with Crippen LogP contribution in [0.2, 0.25) is 0 Å². The highest BCUT2D eigenvalue weighted by Crippen LogP contribution is 2.42. The smallest absolute Gasteiger partial charge is 0.0790 e. The first-order valence-corrected chi connectivity index (χ1v) is 8.03. The Morgan fingerprint density at radius 1 is 1.11 bits per heavy atom. The van der Waals surface area contributed by atoms with Crippen LogP contribution in [0.1, 0.15) is 53.9 Å². The quantitative estimate of drug-likeness (QED) is 0.829. The van der Waals surface area contributed by atoms with E-state index in [-0.39, 0.29) is 11.2 Å². The Morgan fingerprint density at radius 3 is 2.32 bits per heavy atom. The van der Waals surface area contributed by atoms with Crippen molar-refractivity contribution in [3.63, 3.8) is 0 Å². The van der Waals surface area contributed by atoms with Crippen LogP contribution in [0.5, 0.6) is 0 Å². The molecule has 0 saturated carbocycles. The highest BCUT2D eigenvalue weighted by Gasteiger charge is 2.53. The maximum absolute atomic E-state index is 6.38. The summed E-state index contributed by atoms with van der Waals surface area (Å²) in [4.78, 5) is 2.62. The molecule has 0 spiro atoms. The minimum atomic E-state index is -0.0664. The van der Waals surface area contributed by atoms with Gasteiger partial charge in [0.05, 0.1) is 11.2 Å². The molecule has 2 rings (SSSR count). The van der Waals surface area contributed by atoms with Gasteiger partial charge in [-0.05, 0) is 66.6 Å². The Bertz CT molecular complexity index is 295. The van der Waals surface area contributed by atoms with Crippen LogP contribution in [0.4, 0.5) is 0 Å². The van der Waals surface area contributed by atoms with Gasteiger partial charge in [0.1, 0.15) is 0 Å². The fourth-order valence-corrected chi connectivity index (χ4v) is 3.96. The van der Waals surface area contributed by atoms with Gasteiger partial charge in [-0.1, -0.05) is 6.92 Å². The maximum Gasteiger partial charge on any atom is 0.0790 e. The lowest BCUT2D eigenvalue weighted by Gasteiger charge is -2.33. The summed E-state index contributed by atoms with van der Waals surface area (Å²) in [6.45, 7) is 16.1. The second-order valence-electron chi connectivity index (χ2n) is 7.35. The minimum Gasteiger partial charge on any atom is -0.368 e. The molecule has 2 saturated heterocycles. The molecule has 0 aromatic carbocycles. The van der Waals surface area contributed by atoms with Gasteiger partial charge in [0.25, 0.3) is 0 Å². The highest BCUT2D eigenvalue weighted by molar-refractivity contribution is 5.06. The largest absolute Gasteiger partial charge is 0.368 e. The van der Waals surface area contributed by atoms with E-state index in [1.807, 2.05) is 0 Å². The van der Waals surface area contributed by atoms with Crippen LogP contribution in [-0.4, -0.2) is 48.3 Å². The minimum absolute atomic E-state index is 0.0303. The van der Waals surface area contributed by atoms with Crippen LogP contribution in [-0.2, 0) is 4.74 Å². The lowest BCUT2D eigenvalue weighted by atomic mass is 9.82. The predicted octanol–water partition coefficient (Wildman–Crippen LogP) is 2.65. The number of hydrogen-bond acceptors (Lipinski definition) is 3. The van der Waals surface area contributed by atoms with Crippen molar-refractivity contribution in [1.29, 1.82) is 0 Å². The molecular formula is C16H32N2O. The topological polar surface area (TPSA) is 24.5 Å². The molecule has 1 N–H and O–H groups in total. The molecule has 2 heterocycles. The van der Waals surface area contributed by atoms with Gasteiger partial charge in [0.15, 0.2) is 0 Å². The Labute approximate surface area is 119 Å². The van der Waals surface area contributed by atoms with Crippen LogP contribution < -0.4 is 5.32 Å². The summed E-state index contributed by atoms with van der Waals surface area (Å²) < 4.78 is 6.38. The number of hydrogen-bond donors (Lipinski definition) is 1. The Balaban J connectivity index is 2.09. The summed E-state index contributed by atoms with van der Waals surface area (Å²) in [7, 11) is 0. The molecule has 0 radical (unpaired) electrons. The number of ether oxygens (including phenoxy) is 1. The third-order valence-electron chi connectivity index (χ3n) is 4.84. The average molecular weight is 268 g/mol. The molecule has 2 atom stereocenters. The van der Waals surface area contributed by atoms with Crippen LogP contribution in [0, 0.1) is 5.92 Å². The van der Waals surface area contributed by atoms with E-state index in [2.05, 4.69) is 44.8 Å². The lowest BCUT2D eigenvalue weighted by Crippen LogP contribution is -2.50. The molecule has 0 aliphatic carbocycles. The van der Waals surface area contributed by atoms with E-state index in [1.165, 1.54) is 38.9 Å². The first kappa shape index (κ1) is 15.3. The number of nitrogens with zero attached hydrogens (tertiary/aromatic N) is 1. The summed E-state index contributed by atoms with van der Waals surface area (Å²) in [6, 6.07) is 0.461. The second-order valence-corrected chi connectivity index (χ2v) is 7.35. The summed E-state index contributed by atoms with van der Waals surface area (Å²) in [5.74, 6) is 0.576. The van der Waals surface area contributed by atoms with Gasteiger partial charge in [-0.2, -0.15) is 0 Å². The number of nitrogens with one attached hydrogen (secondary N) is 1. The molecule has 0 amide bonds. The molecule has 2 fully saturated rings. The summed E-state index contributed by atoms with van der Waals surface area (Å²) in [5, 5.41) is 3.75. The van der Waals surface area contributed by atoms with Crippen molar-refractivity contribution in [2.75, 3.05) is 26.2 Å². The normalized spacial score (nSPS) is 33.9. The molecule has 2 aliphatic rings. The molecule has 0 bridgehead atoms. The first-order chi connectivity index (χ1) is 8.87. The molecular weight excluding hydrogens is 236 g/mol. The molecule has 2 aliphatic heterocycles. The third kappa shape index (κ3) is 3.32. The zero-order valence-electron chi connectivity index (χ0n) is 13.5. The monoisotopic (exact) mass is 268 g/mol. The van der Waals surface area contributed by atoms with Crippen molar-refractivity contribution in [2.24, 2.45) is 5.92 Å². The SMILES string of the molecule is CCCNC1C(CN2CCCC2)C(C)(C)OC1(C)C. The van der Waals surface area contributed by atoms with Crippen molar-refractivity contribution in [3.05, 3.63) is 0 Å². The Hall–Kier alpha value is -0.120. The standard InChI is InChI=1S/C16H32N2O/c1-6-9-17-14-13(12-18-10-7-8-11-18)15(2,3)19-16(14,4)5/h13-14,17H,6-12H2,1-5H3. The number of likely N-dealkylation sites (tertiary alicyclic amines) is 1. The van der Waals surface area contributed by atoms with E-state index in [4.69, 9.17) is 4.74 Å². The molecule has 3 heteroatoms. The summed E-state index contributed by atoms with van der Waals surface area (Å²) in [6.07, 6.45) is 3.92. The van der Waals surface area contributed by atoms with Crippen LogP contribution >= 0.6 is 0 Å². The van der Waals surface area contributed by atoms with Gasteiger partial charge in [0.2, 0.25) is 0 Å². The maximum atomic E-state index is 6.38. The third-order valence-corrected chi connectivity index (χ3v) is 4.84. The van der Waals surface area contributed by atoms with E-state index in [9.17, 15) is 0 Å². The van der Waals surface area contributed by atoms with Crippen LogP contribution in [0.3, 0.4) is 0 Å². The fourth-order valence-electron chi connectivity index (χ4n) is 3.96. The van der Waals surface area contributed by atoms with E-state index in [0.29, 0.717) is 12.0 Å². The highest BCUT2D eigenvalue weighted by atomic mass is 16.5. The van der Waals surface area contributed by atoms with E-state index < -0.39 is 0 Å². The summed E-state index contributed by atoms with van der Waals surface area (Å²) in [5.41, 5.74) is -0.0967. The zero-order valence-corrected chi connectivity index (χ0v) is 13.5. The molecule has 0 aromatic rings. The predicted molar refractivity (Wildman–Crippen MR) is 80.5 cm³/mol. The number of rotatable bonds is 5. The van der Waals surface area contributed by atoms with E-state index in [1.54, 1.807) is 0 Å². The van der Waals surface area contributed by atoms with Crippen LogP contribution in [0.15, 0.2) is 0 Å². The molecule has 19 heavy (non-hydrogen) atoms. The van der Waals surface area contributed by atoms with Gasteiger partial charge < -0.3 is 15.0 Å². The van der Waals surface area contributed by atoms with Crippen molar-refractivity contribution in [3.8, 4) is 0 Å². The van der Waals surface area contributed by atoms with Crippen molar-refractivity contribution >= 4 is 0 Å². The van der Waals surface area contributed by atoms with Crippen molar-refractivity contribution in [2.45, 2.75) is 71.1 Å². The van der Waals surface area contributed by atoms with Gasteiger partial charge in [-0.3, -0.25) is 0 Å². The molecule has 2 unspecified atom stereocenters. The average Bonchev–Trinajstić information content (AvgIpc) is 2.83. The van der Waals surface area contributed by atoms with Gasteiger partial charge in [0, 0.05) is 18.5 Å². The van der Waals surface area contributed by atoms with Crippen molar-refractivity contribution in [1.82, 2.24) is 10.2 Å². The van der Waals surface area contributed by atoms with E-state index >= 15 is 0 Å². The Kier molecular flexibility index (Phi) is 4.59. The molecule has 3 nitrogen and oxygen atoms in total. The zero-order chi connectivity index (χ0) is 14.1. The van der Waals surface area contributed by atoms with Gasteiger partial charge >= 0.3 is 0 Å². The van der Waals surface area contributed by atoms with Gasteiger partial charge in [-0.25, -0.2) is 0 Å². The summed E-state index contributed by atoms with van der Waals surface area (Å²) >= 11 is 0. The second kappa shape index (κ2) is 5.71. The Morgan fingerprint density at radius 2 is 1.74 bits per heavy atom. The molecule has 0 aromatic heterocycles. The fraction of sp³-hybridized carbons (Fsp3) is 1.00. The van der Waals surface area contributed by atoms with E-state index in [0.717, 1.165) is 6.54 Å². The lowest BCUT2D eigenvalue weighted by molar-refractivity contribution is -0.0793. The van der Waals surface area contributed by atoms with Crippen molar-refractivity contribution < 1.29 is 4.74 Å². The van der Waals surface area contributed by atoms with Gasteiger partial charge in [-0.15, -0.1) is 0 Å². The first-order valence-electron chi connectivity index (χ1n) is 8.03. The van der Waals surface area contributed by atoms with Crippen LogP contribution in [0.25, 0.3) is 0 Å².